The van der Waals surface area contributed by atoms with Crippen molar-refractivity contribution in [2.75, 3.05) is 39.3 Å². The molecule has 1 fully saturated rings. The van der Waals surface area contributed by atoms with Gasteiger partial charge in [-0.15, -0.1) is 11.3 Å². The molecule has 7 amide bonds. The van der Waals surface area contributed by atoms with Gasteiger partial charge in [0.25, 0.3) is 5.91 Å². The zero-order valence-electron chi connectivity index (χ0n) is 40.9. The van der Waals surface area contributed by atoms with Crippen LogP contribution in [0.4, 0.5) is 10.5 Å². The molecule has 1 aliphatic heterocycles. The number of aromatic nitrogens is 1. The van der Waals surface area contributed by atoms with Gasteiger partial charge in [0, 0.05) is 57.1 Å². The molecule has 1 aliphatic rings. The summed E-state index contributed by atoms with van der Waals surface area (Å²) in [7, 11) is 3.39. The Morgan fingerprint density at radius 3 is 2.25 bits per heavy atom. The zero-order chi connectivity index (χ0) is 50.7. The second-order valence-electron chi connectivity index (χ2n) is 18.0. The van der Waals surface area contributed by atoms with Gasteiger partial charge >= 0.3 is 18.0 Å². The van der Waals surface area contributed by atoms with Crippen LogP contribution in [0.15, 0.2) is 29.6 Å². The van der Waals surface area contributed by atoms with Crippen molar-refractivity contribution in [3.63, 3.8) is 0 Å². The molecule has 3 rings (SSSR count). The second kappa shape index (κ2) is 28.0. The summed E-state index contributed by atoms with van der Waals surface area (Å²) in [5, 5.41) is 25.4. The molecule has 0 aliphatic carbocycles. The number of methoxy groups -OCH3 is 1. The molecule has 8 N–H and O–H groups in total. The number of aliphatic carboxylic acids is 1. The van der Waals surface area contributed by atoms with E-state index in [4.69, 9.17) is 15.2 Å². The summed E-state index contributed by atoms with van der Waals surface area (Å²) in [5.74, 6) is -4.84. The fraction of sp³-hybridized carbons (Fsp3) is 0.638. The summed E-state index contributed by atoms with van der Waals surface area (Å²) in [6.07, 6.45) is 3.29. The predicted octanol–water partition coefficient (Wildman–Crippen LogP) is 3.95. The van der Waals surface area contributed by atoms with E-state index in [-0.39, 0.29) is 74.3 Å². The maximum atomic E-state index is 14.6. The minimum absolute atomic E-state index is 0.0190. The highest BCUT2D eigenvalue weighted by Gasteiger charge is 2.39. The number of rotatable bonds is 27. The topological polar surface area (TPSA) is 281 Å². The second-order valence-corrected chi connectivity index (χ2v) is 18.9. The molecule has 1 aromatic heterocycles. The SMILES string of the molecule is CC[C@H](C)[C@H](NC(=O)[C@H]1CCCCN1C)C(=O)N(COC)[C@H](C[C@@H](OC(C)=O)c1nc(C(=O)N[C@@H](Cc2ccc(NC(=O)[C@H](CCCNC(N)=O)NC(C)=O)cc2)CC(C)C(=O)O)cs1)C(C)C. The zero-order valence-corrected chi connectivity index (χ0v) is 41.7. The number of carbonyl (C=O) groups is 8. The lowest BCUT2D eigenvalue weighted by molar-refractivity contribution is -0.152. The number of ether oxygens (including phenoxy) is 2. The largest absolute Gasteiger partial charge is 0.481 e. The number of anilines is 1. The molecule has 1 aromatic carbocycles. The van der Waals surface area contributed by atoms with E-state index in [0.717, 1.165) is 36.3 Å². The molecule has 0 bridgehead atoms. The Morgan fingerprint density at radius 1 is 0.985 bits per heavy atom. The van der Waals surface area contributed by atoms with Crippen LogP contribution in [0.5, 0.6) is 0 Å². The van der Waals surface area contributed by atoms with Crippen molar-refractivity contribution in [3.05, 3.63) is 45.9 Å². The number of benzene rings is 1. The summed E-state index contributed by atoms with van der Waals surface area (Å²) in [6.45, 7) is 12.8. The fourth-order valence-electron chi connectivity index (χ4n) is 8.15. The van der Waals surface area contributed by atoms with Crippen molar-refractivity contribution >= 4 is 64.5 Å². The summed E-state index contributed by atoms with van der Waals surface area (Å²) < 4.78 is 11.4. The first-order valence-electron chi connectivity index (χ1n) is 23.3. The van der Waals surface area contributed by atoms with Gasteiger partial charge in [-0.3, -0.25) is 38.5 Å². The third kappa shape index (κ3) is 18.1. The number of nitrogens with two attached hydrogens (primary N) is 1. The van der Waals surface area contributed by atoms with Gasteiger partial charge in [0.1, 0.15) is 29.5 Å². The van der Waals surface area contributed by atoms with Gasteiger partial charge in [-0.25, -0.2) is 9.78 Å². The maximum Gasteiger partial charge on any atom is 0.312 e. The van der Waals surface area contributed by atoms with E-state index < -0.39 is 71.9 Å². The number of thiazole rings is 1. The molecule has 2 aromatic rings. The summed E-state index contributed by atoms with van der Waals surface area (Å²) in [5.41, 5.74) is 6.28. The van der Waals surface area contributed by atoms with Gasteiger partial charge in [-0.2, -0.15) is 0 Å². The molecule has 21 heteroatoms. The van der Waals surface area contributed by atoms with Crippen molar-refractivity contribution in [2.24, 2.45) is 23.5 Å². The number of carboxylic acids is 1. The number of likely N-dealkylation sites (tertiary alicyclic amines) is 1. The highest BCUT2D eigenvalue weighted by molar-refractivity contribution is 7.09. The third-order valence-electron chi connectivity index (χ3n) is 12.1. The van der Waals surface area contributed by atoms with Crippen LogP contribution < -0.4 is 32.3 Å². The quantitative estimate of drug-likeness (QED) is 0.0380. The number of hydrogen-bond acceptors (Lipinski definition) is 13. The van der Waals surface area contributed by atoms with E-state index in [2.05, 4.69) is 31.6 Å². The molecule has 20 nitrogen and oxygen atoms in total. The molecule has 68 heavy (non-hydrogen) atoms. The highest BCUT2D eigenvalue weighted by atomic mass is 32.1. The van der Waals surface area contributed by atoms with E-state index in [9.17, 15) is 43.5 Å². The van der Waals surface area contributed by atoms with Crippen molar-refractivity contribution in [1.29, 1.82) is 0 Å². The number of carbonyl (C=O) groups excluding carboxylic acids is 7. The lowest BCUT2D eigenvalue weighted by atomic mass is 9.92. The van der Waals surface area contributed by atoms with Crippen LogP contribution >= 0.6 is 11.3 Å². The lowest BCUT2D eigenvalue weighted by Gasteiger charge is -2.39. The number of amides is 7. The number of hydrogen-bond donors (Lipinski definition) is 7. The molecule has 0 spiro atoms. The summed E-state index contributed by atoms with van der Waals surface area (Å²) >= 11 is 1.10. The molecule has 2 heterocycles. The predicted molar refractivity (Wildman–Crippen MR) is 256 cm³/mol. The van der Waals surface area contributed by atoms with Crippen LogP contribution in [0.1, 0.15) is 127 Å². The average molecular weight is 972 g/mol. The van der Waals surface area contributed by atoms with E-state index in [1.54, 1.807) is 29.2 Å². The van der Waals surface area contributed by atoms with Crippen LogP contribution in [0.2, 0.25) is 0 Å². The Kier molecular flexibility index (Phi) is 23.3. The lowest BCUT2D eigenvalue weighted by Crippen LogP contribution is -2.59. The molecule has 0 radical (unpaired) electrons. The third-order valence-corrected chi connectivity index (χ3v) is 13.1. The van der Waals surface area contributed by atoms with E-state index in [1.807, 2.05) is 39.6 Å². The monoisotopic (exact) mass is 972 g/mol. The van der Waals surface area contributed by atoms with Crippen molar-refractivity contribution in [1.82, 2.24) is 36.1 Å². The van der Waals surface area contributed by atoms with E-state index in [1.165, 1.54) is 33.3 Å². The molecular weight excluding hydrogens is 899 g/mol. The minimum atomic E-state index is -1.04. The van der Waals surface area contributed by atoms with Crippen molar-refractivity contribution in [3.8, 4) is 0 Å². The van der Waals surface area contributed by atoms with Crippen LogP contribution in [0.25, 0.3) is 0 Å². The number of carboxylic acid groups (broad SMARTS) is 1. The molecular formula is C47H73N9O11S. The summed E-state index contributed by atoms with van der Waals surface area (Å²) in [6, 6.07) is 2.76. The van der Waals surface area contributed by atoms with Gasteiger partial charge in [0.2, 0.25) is 23.6 Å². The number of nitrogens with one attached hydrogen (secondary N) is 5. The molecule has 1 unspecified atom stereocenters. The van der Waals surface area contributed by atoms with Gasteiger partial charge in [-0.1, -0.05) is 59.6 Å². The highest BCUT2D eigenvalue weighted by Crippen LogP contribution is 2.32. The first-order chi connectivity index (χ1) is 32.1. The van der Waals surface area contributed by atoms with Gasteiger partial charge in [0.15, 0.2) is 6.10 Å². The molecule has 8 atom stereocenters. The molecule has 378 valence electrons. The Balaban J connectivity index is 1.83. The Morgan fingerprint density at radius 2 is 1.68 bits per heavy atom. The first-order valence-corrected chi connectivity index (χ1v) is 24.2. The number of urea groups is 1. The number of nitrogens with zero attached hydrogens (tertiary/aromatic N) is 3. The van der Waals surface area contributed by atoms with Gasteiger partial charge < -0.3 is 51.8 Å². The van der Waals surface area contributed by atoms with Crippen LogP contribution in [-0.2, 0) is 44.7 Å². The normalized spacial score (nSPS) is 17.0. The fourth-order valence-corrected chi connectivity index (χ4v) is 8.99. The van der Waals surface area contributed by atoms with Gasteiger partial charge in [0.05, 0.1) is 12.0 Å². The van der Waals surface area contributed by atoms with Gasteiger partial charge in [-0.05, 0) is 81.6 Å². The van der Waals surface area contributed by atoms with Crippen LogP contribution in [0, 0.1) is 17.8 Å². The van der Waals surface area contributed by atoms with E-state index >= 15 is 0 Å². The number of likely N-dealkylation sites (N-methyl/N-ethyl adjacent to an activating group) is 1. The minimum Gasteiger partial charge on any atom is -0.481 e. The smallest absolute Gasteiger partial charge is 0.312 e. The van der Waals surface area contributed by atoms with E-state index in [0.29, 0.717) is 30.0 Å². The number of piperidine rings is 1. The average Bonchev–Trinajstić information content (AvgIpc) is 3.78. The van der Waals surface area contributed by atoms with Crippen molar-refractivity contribution in [2.45, 2.75) is 143 Å². The molecule has 1 saturated heterocycles. The standard InChI is InChI=1S/C47H73N9O11S/c1-10-28(4)40(54-43(61)37-15-11-12-21-55(37)8)45(62)56(26-66-9)38(27(2)3)24-39(67-31(7)58)44-53-36(25-68-44)42(60)52-34(22-29(5)46(63)64)23-32-16-18-33(19-17-32)51-41(59)35(50-30(6)57)14-13-20-49-47(48)65/h16-19,25,27-29,34-35,37-40H,10-15,20-24,26H2,1-9H3,(H,50,57)(H,51,59)(H,52,60)(H,54,61)(H,63,64)(H3,48,49,65)/t28-,29?,34+,35-,37+,38+,39+,40-/m0/s1. The van der Waals surface area contributed by atoms with Crippen molar-refractivity contribution < 1.29 is 52.9 Å². The molecule has 0 saturated carbocycles. The number of esters is 1. The Bertz CT molecular complexity index is 2020. The number of primary amides is 1. The van der Waals surface area contributed by atoms with Crippen LogP contribution in [-0.4, -0.2) is 132 Å². The maximum absolute atomic E-state index is 14.6. The Hall–Kier alpha value is -5.67. The van der Waals surface area contributed by atoms with Crippen LogP contribution in [0.3, 0.4) is 0 Å². The first kappa shape index (κ1) is 56.7. The Labute approximate surface area is 403 Å². The summed E-state index contributed by atoms with van der Waals surface area (Å²) in [4.78, 5) is 111.